The van der Waals surface area contributed by atoms with Crippen molar-refractivity contribution in [3.05, 3.63) is 30.1 Å². The van der Waals surface area contributed by atoms with Crippen LogP contribution in [-0.2, 0) is 0 Å². The van der Waals surface area contributed by atoms with Crippen molar-refractivity contribution in [2.45, 2.75) is 37.1 Å². The van der Waals surface area contributed by atoms with Gasteiger partial charge >= 0.3 is 0 Å². The van der Waals surface area contributed by atoms with E-state index in [1.54, 1.807) is 18.4 Å². The first kappa shape index (κ1) is 14.6. The van der Waals surface area contributed by atoms with Crippen LogP contribution in [-0.4, -0.2) is 25.0 Å². The smallest absolute Gasteiger partial charge is 0.239 e. The van der Waals surface area contributed by atoms with E-state index in [0.717, 1.165) is 0 Å². The molecule has 0 saturated heterocycles. The van der Waals surface area contributed by atoms with Crippen LogP contribution in [0.5, 0.6) is 0 Å². The molecule has 9 heteroatoms. The van der Waals surface area contributed by atoms with Gasteiger partial charge in [-0.05, 0) is 19.1 Å². The highest BCUT2D eigenvalue weighted by atomic mass is 32.2. The Kier molecular flexibility index (Phi) is 3.88. The van der Waals surface area contributed by atoms with Gasteiger partial charge in [-0.3, -0.25) is 0 Å². The molecule has 0 aromatic carbocycles. The molecule has 3 aromatic rings. The van der Waals surface area contributed by atoms with Crippen molar-refractivity contribution in [3.63, 3.8) is 0 Å². The van der Waals surface area contributed by atoms with Gasteiger partial charge in [0.1, 0.15) is 0 Å². The predicted octanol–water partition coefficient (Wildman–Crippen LogP) is 2.61. The van der Waals surface area contributed by atoms with E-state index in [1.165, 1.54) is 16.4 Å². The third kappa shape index (κ3) is 2.71. The zero-order chi connectivity index (χ0) is 15.7. The Balaban J connectivity index is 1.78. The highest BCUT2D eigenvalue weighted by Crippen LogP contribution is 2.34. The van der Waals surface area contributed by atoms with Crippen molar-refractivity contribution in [2.75, 3.05) is 5.84 Å². The first-order valence-electron chi connectivity index (χ1n) is 6.80. The Hall–Kier alpha value is -2.29. The molecule has 22 heavy (non-hydrogen) atoms. The zero-order valence-corrected chi connectivity index (χ0v) is 13.2. The zero-order valence-electron chi connectivity index (χ0n) is 12.4. The number of aromatic nitrogens is 5. The average molecular weight is 320 g/mol. The quantitative estimate of drug-likeness (QED) is 0.564. The molecule has 2 N–H and O–H groups in total. The molecular formula is C13H16N6O2S. The van der Waals surface area contributed by atoms with Crippen molar-refractivity contribution in [1.29, 1.82) is 0 Å². The predicted molar refractivity (Wildman–Crippen MR) is 80.5 cm³/mol. The number of rotatable bonds is 5. The van der Waals surface area contributed by atoms with Gasteiger partial charge in [0.2, 0.25) is 16.9 Å². The number of nitrogens with two attached hydrogens (primary N) is 1. The normalized spacial score (nSPS) is 12.9. The van der Waals surface area contributed by atoms with Gasteiger partial charge in [0.15, 0.2) is 11.6 Å². The minimum absolute atomic E-state index is 0.0871. The first-order chi connectivity index (χ1) is 10.6. The topological polar surface area (TPSA) is 109 Å². The van der Waals surface area contributed by atoms with Crippen molar-refractivity contribution in [1.82, 2.24) is 25.0 Å². The largest absolute Gasteiger partial charge is 0.461 e. The summed E-state index contributed by atoms with van der Waals surface area (Å²) >= 11 is 1.39. The lowest BCUT2D eigenvalue weighted by atomic mass is 10.2. The van der Waals surface area contributed by atoms with Crippen LogP contribution < -0.4 is 5.84 Å². The molecular weight excluding hydrogens is 304 g/mol. The highest BCUT2D eigenvalue weighted by Gasteiger charge is 2.21. The number of thioether (sulfide) groups is 1. The third-order valence-electron chi connectivity index (χ3n) is 3.01. The molecule has 0 amide bonds. The fourth-order valence-corrected chi connectivity index (χ4v) is 2.59. The SMILES string of the molecule is CC(C)c1noc(C(C)Sc2nnc(-c3ccco3)n2N)n1. The van der Waals surface area contributed by atoms with E-state index in [-0.39, 0.29) is 11.2 Å². The van der Waals surface area contributed by atoms with E-state index >= 15 is 0 Å². The fourth-order valence-electron chi connectivity index (χ4n) is 1.79. The molecule has 3 heterocycles. The maximum Gasteiger partial charge on any atom is 0.239 e. The van der Waals surface area contributed by atoms with E-state index in [2.05, 4.69) is 20.3 Å². The van der Waals surface area contributed by atoms with E-state index in [4.69, 9.17) is 14.8 Å². The molecule has 0 spiro atoms. The molecule has 0 fully saturated rings. The van der Waals surface area contributed by atoms with Crippen molar-refractivity contribution >= 4 is 11.8 Å². The molecule has 0 aliphatic carbocycles. The summed E-state index contributed by atoms with van der Waals surface area (Å²) in [5, 5.41) is 12.5. The van der Waals surface area contributed by atoms with Crippen LogP contribution in [0.15, 0.2) is 32.5 Å². The number of hydrogen-bond acceptors (Lipinski definition) is 8. The highest BCUT2D eigenvalue weighted by molar-refractivity contribution is 7.99. The summed E-state index contributed by atoms with van der Waals surface area (Å²) in [6.45, 7) is 5.97. The van der Waals surface area contributed by atoms with Crippen LogP contribution in [0.25, 0.3) is 11.6 Å². The second-order valence-corrected chi connectivity index (χ2v) is 6.37. The number of hydrogen-bond donors (Lipinski definition) is 1. The van der Waals surface area contributed by atoms with Crippen LogP contribution in [0, 0.1) is 0 Å². The molecule has 0 aliphatic heterocycles. The van der Waals surface area contributed by atoms with Crippen molar-refractivity contribution in [3.8, 4) is 11.6 Å². The van der Waals surface area contributed by atoms with Gasteiger partial charge < -0.3 is 14.8 Å². The molecule has 116 valence electrons. The number of nitrogens with zero attached hydrogens (tertiary/aromatic N) is 5. The molecule has 3 rings (SSSR count). The molecule has 1 atom stereocenters. The molecule has 0 radical (unpaired) electrons. The molecule has 0 aliphatic rings. The standard InChI is InChI=1S/C13H16N6O2S/c1-7(2)10-15-12(21-18-10)8(3)22-13-17-16-11(19(13)14)9-5-4-6-20-9/h4-8H,14H2,1-3H3. The van der Waals surface area contributed by atoms with Crippen LogP contribution in [0.4, 0.5) is 0 Å². The van der Waals surface area contributed by atoms with E-state index in [1.807, 2.05) is 20.8 Å². The summed E-state index contributed by atoms with van der Waals surface area (Å²) in [7, 11) is 0. The lowest BCUT2D eigenvalue weighted by molar-refractivity contribution is 0.373. The van der Waals surface area contributed by atoms with Gasteiger partial charge in [-0.1, -0.05) is 30.8 Å². The Bertz CT molecular complexity index is 749. The molecule has 1 unspecified atom stereocenters. The van der Waals surface area contributed by atoms with Crippen molar-refractivity contribution < 1.29 is 8.94 Å². The summed E-state index contributed by atoms with van der Waals surface area (Å²) in [4.78, 5) is 4.38. The Morgan fingerprint density at radius 2 is 2.09 bits per heavy atom. The fraction of sp³-hybridized carbons (Fsp3) is 0.385. The average Bonchev–Trinajstić information content (AvgIpc) is 3.19. The maximum absolute atomic E-state index is 6.02. The second-order valence-electron chi connectivity index (χ2n) is 5.06. The Labute approximate surface area is 131 Å². The number of nitrogen functional groups attached to an aromatic ring is 1. The third-order valence-corrected chi connectivity index (χ3v) is 4.05. The molecule has 3 aromatic heterocycles. The Morgan fingerprint density at radius 1 is 1.27 bits per heavy atom. The monoisotopic (exact) mass is 320 g/mol. The molecule has 0 bridgehead atoms. The van der Waals surface area contributed by atoms with Gasteiger partial charge in [0.05, 0.1) is 11.5 Å². The van der Waals surface area contributed by atoms with Gasteiger partial charge in [0, 0.05) is 5.92 Å². The van der Waals surface area contributed by atoms with Crippen LogP contribution in [0.1, 0.15) is 43.7 Å². The summed E-state index contributed by atoms with van der Waals surface area (Å²) in [6.07, 6.45) is 1.56. The summed E-state index contributed by atoms with van der Waals surface area (Å²) < 4.78 is 11.9. The maximum atomic E-state index is 6.02. The Morgan fingerprint density at radius 3 is 2.73 bits per heavy atom. The van der Waals surface area contributed by atoms with Gasteiger partial charge in [-0.15, -0.1) is 10.2 Å². The van der Waals surface area contributed by atoms with Crippen molar-refractivity contribution in [2.24, 2.45) is 0 Å². The van der Waals surface area contributed by atoms with Crippen LogP contribution >= 0.6 is 11.8 Å². The lowest BCUT2D eigenvalue weighted by Gasteiger charge is -2.05. The molecule has 8 nitrogen and oxygen atoms in total. The van der Waals surface area contributed by atoms with E-state index in [9.17, 15) is 0 Å². The first-order valence-corrected chi connectivity index (χ1v) is 7.68. The summed E-state index contributed by atoms with van der Waals surface area (Å²) in [5.74, 6) is 8.50. The number of furan rings is 1. The summed E-state index contributed by atoms with van der Waals surface area (Å²) in [6, 6.07) is 3.55. The summed E-state index contributed by atoms with van der Waals surface area (Å²) in [5.41, 5.74) is 0. The molecule has 0 saturated carbocycles. The minimum atomic E-state index is -0.0871. The van der Waals surface area contributed by atoms with Gasteiger partial charge in [0.25, 0.3) is 0 Å². The minimum Gasteiger partial charge on any atom is -0.461 e. The van der Waals surface area contributed by atoms with Crippen LogP contribution in [0.3, 0.4) is 0 Å². The van der Waals surface area contributed by atoms with Gasteiger partial charge in [-0.2, -0.15) is 4.98 Å². The van der Waals surface area contributed by atoms with Gasteiger partial charge in [-0.25, -0.2) is 4.68 Å². The van der Waals surface area contributed by atoms with E-state index in [0.29, 0.717) is 28.5 Å². The van der Waals surface area contributed by atoms with E-state index < -0.39 is 0 Å². The second kappa shape index (κ2) is 5.84. The van der Waals surface area contributed by atoms with Crippen LogP contribution in [0.2, 0.25) is 0 Å². The lowest BCUT2D eigenvalue weighted by Crippen LogP contribution is -2.11.